The van der Waals surface area contributed by atoms with Gasteiger partial charge < -0.3 is 4.90 Å². The number of ketones is 1. The molecular weight excluding hydrogens is 286 g/mol. The van der Waals surface area contributed by atoms with E-state index in [1.807, 2.05) is 6.07 Å². The van der Waals surface area contributed by atoms with E-state index in [4.69, 9.17) is 0 Å². The average Bonchev–Trinajstić information content (AvgIpc) is 2.49. The fraction of sp³-hybridized carbons (Fsp3) is 0.500. The summed E-state index contributed by atoms with van der Waals surface area (Å²) in [4.78, 5) is 24.8. The summed E-state index contributed by atoms with van der Waals surface area (Å²) in [5.41, 5.74) is 4.68. The predicted molar refractivity (Wildman–Crippen MR) is 94.6 cm³/mol. The number of benzene rings is 1. The second kappa shape index (κ2) is 7.12. The molecule has 0 radical (unpaired) electrons. The topological polar surface area (TPSA) is 37.4 Å². The summed E-state index contributed by atoms with van der Waals surface area (Å²) in [6.07, 6.45) is 4.81. The number of Topliss-reactive ketones (excluding diaryl/α,β-unsaturated/α-hetero) is 1. The molecule has 0 atom stereocenters. The number of carbonyl (C=O) groups excluding carboxylic acids is 2. The van der Waals surface area contributed by atoms with E-state index >= 15 is 0 Å². The lowest BCUT2D eigenvalue weighted by Gasteiger charge is -2.43. The molecule has 0 unspecified atom stereocenters. The Labute approximate surface area is 139 Å². The highest BCUT2D eigenvalue weighted by atomic mass is 16.2. The van der Waals surface area contributed by atoms with E-state index in [9.17, 15) is 9.59 Å². The number of hydrogen-bond acceptors (Lipinski definition) is 3. The van der Waals surface area contributed by atoms with Crippen LogP contribution in [-0.2, 0) is 9.59 Å². The maximum absolute atomic E-state index is 11.7. The van der Waals surface area contributed by atoms with E-state index in [1.165, 1.54) is 16.9 Å². The number of aldehydes is 1. The quantitative estimate of drug-likeness (QED) is 0.589. The molecule has 0 N–H and O–H groups in total. The van der Waals surface area contributed by atoms with Gasteiger partial charge in [-0.1, -0.05) is 18.2 Å². The molecule has 0 heterocycles. The molecule has 0 spiro atoms. The Morgan fingerprint density at radius 3 is 2.43 bits per heavy atom. The van der Waals surface area contributed by atoms with Crippen LogP contribution < -0.4 is 4.90 Å². The SMILES string of the molecule is Cc1ccccc1N(C1=C(CC(=O)C=O)CCCC1)C(C)(C)C. The molecule has 0 amide bonds. The number of anilines is 1. The molecule has 0 bridgehead atoms. The van der Waals surface area contributed by atoms with Crippen molar-refractivity contribution in [2.45, 2.75) is 65.3 Å². The summed E-state index contributed by atoms with van der Waals surface area (Å²) in [6.45, 7) is 8.70. The van der Waals surface area contributed by atoms with Gasteiger partial charge in [-0.2, -0.15) is 0 Å². The molecule has 0 saturated heterocycles. The summed E-state index contributed by atoms with van der Waals surface area (Å²) < 4.78 is 0. The average molecular weight is 313 g/mol. The third kappa shape index (κ3) is 4.10. The van der Waals surface area contributed by atoms with Crippen LogP contribution in [0.3, 0.4) is 0 Å². The highest BCUT2D eigenvalue weighted by molar-refractivity contribution is 6.25. The van der Waals surface area contributed by atoms with Crippen LogP contribution in [0.4, 0.5) is 5.69 Å². The molecule has 0 fully saturated rings. The lowest BCUT2D eigenvalue weighted by Crippen LogP contribution is -2.42. The molecule has 0 aliphatic heterocycles. The van der Waals surface area contributed by atoms with Crippen LogP contribution in [0.1, 0.15) is 58.4 Å². The second-order valence-electron chi connectivity index (χ2n) is 7.31. The predicted octanol–water partition coefficient (Wildman–Crippen LogP) is 4.59. The van der Waals surface area contributed by atoms with E-state index in [0.29, 0.717) is 6.29 Å². The normalized spacial score (nSPS) is 15.5. The number of allylic oxidation sites excluding steroid dienone is 2. The van der Waals surface area contributed by atoms with Crippen molar-refractivity contribution in [2.24, 2.45) is 0 Å². The monoisotopic (exact) mass is 313 g/mol. The molecule has 1 aromatic carbocycles. The van der Waals surface area contributed by atoms with Crippen molar-refractivity contribution >= 4 is 17.8 Å². The molecule has 1 aromatic rings. The lowest BCUT2D eigenvalue weighted by molar-refractivity contribution is -0.129. The third-order valence-corrected chi connectivity index (χ3v) is 4.37. The molecule has 0 saturated carbocycles. The van der Waals surface area contributed by atoms with Crippen molar-refractivity contribution in [3.8, 4) is 0 Å². The molecule has 2 rings (SSSR count). The molecule has 1 aliphatic rings. The minimum Gasteiger partial charge on any atom is -0.340 e. The first-order valence-electron chi connectivity index (χ1n) is 8.39. The Morgan fingerprint density at radius 2 is 1.83 bits per heavy atom. The number of carbonyl (C=O) groups is 2. The number of aryl methyl sites for hydroxylation is 1. The van der Waals surface area contributed by atoms with E-state index in [0.717, 1.165) is 31.3 Å². The highest BCUT2D eigenvalue weighted by Crippen LogP contribution is 2.38. The highest BCUT2D eigenvalue weighted by Gasteiger charge is 2.29. The minimum atomic E-state index is -0.321. The molecular formula is C20H27NO2. The Hall–Kier alpha value is -1.90. The van der Waals surface area contributed by atoms with Crippen molar-refractivity contribution in [2.75, 3.05) is 4.90 Å². The van der Waals surface area contributed by atoms with Gasteiger partial charge >= 0.3 is 0 Å². The zero-order chi connectivity index (χ0) is 17.0. The summed E-state index contributed by atoms with van der Waals surface area (Å²) >= 11 is 0. The fourth-order valence-electron chi connectivity index (χ4n) is 3.39. The second-order valence-corrected chi connectivity index (χ2v) is 7.31. The van der Waals surface area contributed by atoms with E-state index < -0.39 is 0 Å². The van der Waals surface area contributed by atoms with Gasteiger partial charge in [-0.15, -0.1) is 0 Å². The molecule has 124 valence electrons. The molecule has 0 aromatic heterocycles. The standard InChI is InChI=1S/C20H27NO2/c1-15-9-5-7-11-18(15)21(20(2,3)4)19-12-8-6-10-16(19)13-17(23)14-22/h5,7,9,11,14H,6,8,10,12-13H2,1-4H3. The van der Waals surface area contributed by atoms with Gasteiger partial charge in [0.25, 0.3) is 0 Å². The Kier molecular flexibility index (Phi) is 5.40. The van der Waals surface area contributed by atoms with Crippen LogP contribution in [0.5, 0.6) is 0 Å². The smallest absolute Gasteiger partial charge is 0.199 e. The molecule has 1 aliphatic carbocycles. The van der Waals surface area contributed by atoms with Crippen LogP contribution in [0.25, 0.3) is 0 Å². The number of nitrogens with zero attached hydrogens (tertiary/aromatic N) is 1. The Morgan fingerprint density at radius 1 is 1.17 bits per heavy atom. The van der Waals surface area contributed by atoms with Crippen molar-refractivity contribution in [3.05, 3.63) is 41.1 Å². The first-order chi connectivity index (χ1) is 10.8. The summed E-state index contributed by atoms with van der Waals surface area (Å²) in [6, 6.07) is 8.36. The van der Waals surface area contributed by atoms with Gasteiger partial charge in [0.2, 0.25) is 0 Å². The zero-order valence-corrected chi connectivity index (χ0v) is 14.7. The van der Waals surface area contributed by atoms with Crippen molar-refractivity contribution in [1.82, 2.24) is 0 Å². The lowest BCUT2D eigenvalue weighted by atomic mass is 9.89. The number of hydrogen-bond donors (Lipinski definition) is 0. The first-order valence-corrected chi connectivity index (χ1v) is 8.39. The first kappa shape index (κ1) is 17.5. The van der Waals surface area contributed by atoms with Crippen molar-refractivity contribution in [3.63, 3.8) is 0 Å². The fourth-order valence-corrected chi connectivity index (χ4v) is 3.39. The van der Waals surface area contributed by atoms with Gasteiger partial charge in [-0.05, 0) is 70.6 Å². The zero-order valence-electron chi connectivity index (χ0n) is 14.7. The van der Waals surface area contributed by atoms with Gasteiger partial charge in [0, 0.05) is 23.3 Å². The van der Waals surface area contributed by atoms with E-state index in [1.54, 1.807) is 0 Å². The van der Waals surface area contributed by atoms with Gasteiger partial charge in [0.1, 0.15) is 0 Å². The third-order valence-electron chi connectivity index (χ3n) is 4.37. The maximum Gasteiger partial charge on any atom is 0.199 e. The van der Waals surface area contributed by atoms with E-state index in [-0.39, 0.29) is 17.7 Å². The van der Waals surface area contributed by atoms with Gasteiger partial charge in [-0.3, -0.25) is 9.59 Å². The van der Waals surface area contributed by atoms with Crippen LogP contribution in [-0.4, -0.2) is 17.6 Å². The summed E-state index contributed by atoms with van der Waals surface area (Å²) in [5, 5.41) is 0. The molecule has 3 heteroatoms. The Balaban J connectivity index is 2.54. The van der Waals surface area contributed by atoms with Crippen molar-refractivity contribution < 1.29 is 9.59 Å². The van der Waals surface area contributed by atoms with E-state index in [2.05, 4.69) is 50.8 Å². The maximum atomic E-state index is 11.7. The Bertz CT molecular complexity index is 623. The molecule has 23 heavy (non-hydrogen) atoms. The number of para-hydroxylation sites is 1. The van der Waals surface area contributed by atoms with Gasteiger partial charge in [0.15, 0.2) is 12.1 Å². The largest absolute Gasteiger partial charge is 0.340 e. The molecule has 3 nitrogen and oxygen atoms in total. The van der Waals surface area contributed by atoms with Gasteiger partial charge in [0.05, 0.1) is 0 Å². The van der Waals surface area contributed by atoms with Crippen LogP contribution in [0.2, 0.25) is 0 Å². The summed E-state index contributed by atoms with van der Waals surface area (Å²) in [7, 11) is 0. The van der Waals surface area contributed by atoms with Crippen LogP contribution >= 0.6 is 0 Å². The number of rotatable bonds is 5. The summed E-state index contributed by atoms with van der Waals surface area (Å²) in [5.74, 6) is -0.321. The van der Waals surface area contributed by atoms with Crippen LogP contribution in [0, 0.1) is 6.92 Å². The van der Waals surface area contributed by atoms with Crippen molar-refractivity contribution in [1.29, 1.82) is 0 Å². The minimum absolute atomic E-state index is 0.0890. The van der Waals surface area contributed by atoms with Gasteiger partial charge in [-0.25, -0.2) is 0 Å². The van der Waals surface area contributed by atoms with Crippen LogP contribution in [0.15, 0.2) is 35.5 Å².